The molecule has 0 bridgehead atoms. The van der Waals surface area contributed by atoms with Crippen LogP contribution in [0.3, 0.4) is 0 Å². The van der Waals surface area contributed by atoms with Gasteiger partial charge in [0, 0.05) is 0 Å². The Labute approximate surface area is 96.9 Å². The first-order chi connectivity index (χ1) is 7.79. The molecule has 1 aromatic rings. The van der Waals surface area contributed by atoms with Gasteiger partial charge >= 0.3 is 0 Å². The van der Waals surface area contributed by atoms with E-state index in [2.05, 4.69) is 0 Å². The molecule has 0 saturated heterocycles. The molecular weight excluding hydrogens is 201 g/mol. The fourth-order valence-electron chi connectivity index (χ4n) is 2.78. The van der Waals surface area contributed by atoms with Crippen LogP contribution in [-0.2, 0) is 0 Å². The molecule has 2 N–H and O–H groups in total. The summed E-state index contributed by atoms with van der Waals surface area (Å²) in [5, 5.41) is 0. The lowest BCUT2D eigenvalue weighted by Crippen LogP contribution is -2.15. The molecule has 1 aromatic carbocycles. The molecule has 2 heteroatoms. The highest BCUT2D eigenvalue weighted by molar-refractivity contribution is 5.21. The van der Waals surface area contributed by atoms with E-state index < -0.39 is 0 Å². The molecule has 0 radical (unpaired) electrons. The predicted molar refractivity (Wildman–Crippen MR) is 64.8 cm³/mol. The van der Waals surface area contributed by atoms with Crippen molar-refractivity contribution in [1.29, 1.82) is 0 Å². The van der Waals surface area contributed by atoms with Gasteiger partial charge in [0.05, 0.1) is 0 Å². The summed E-state index contributed by atoms with van der Waals surface area (Å²) in [6, 6.07) is 6.90. The summed E-state index contributed by atoms with van der Waals surface area (Å²) >= 11 is 0. The maximum atomic E-state index is 13.1. The van der Waals surface area contributed by atoms with Crippen LogP contribution in [-0.4, -0.2) is 6.54 Å². The standard InChI is InChI=1S/C14H20FN/c15-14-7-3-6-12(9-14)13(10-16)8-11-4-1-2-5-11/h3,6-7,9,11,13H,1-2,4-5,8,10,16H2. The number of benzene rings is 1. The van der Waals surface area contributed by atoms with Crippen LogP contribution in [0.2, 0.25) is 0 Å². The number of hydrogen-bond donors (Lipinski definition) is 1. The zero-order valence-corrected chi connectivity index (χ0v) is 9.66. The normalized spacial score (nSPS) is 18.9. The van der Waals surface area contributed by atoms with E-state index in [1.807, 2.05) is 6.07 Å². The maximum absolute atomic E-state index is 13.1. The Morgan fingerprint density at radius 1 is 1.31 bits per heavy atom. The van der Waals surface area contributed by atoms with Crippen LogP contribution in [0.5, 0.6) is 0 Å². The van der Waals surface area contributed by atoms with E-state index in [1.54, 1.807) is 12.1 Å². The Bertz CT molecular complexity index is 331. The van der Waals surface area contributed by atoms with Gasteiger partial charge in [0.15, 0.2) is 0 Å². The van der Waals surface area contributed by atoms with Gasteiger partial charge in [0.1, 0.15) is 5.82 Å². The molecule has 1 aliphatic rings. The van der Waals surface area contributed by atoms with Crippen LogP contribution in [0.15, 0.2) is 24.3 Å². The van der Waals surface area contributed by atoms with Crippen molar-refractivity contribution in [2.45, 2.75) is 38.0 Å². The Morgan fingerprint density at radius 3 is 2.69 bits per heavy atom. The molecule has 0 aromatic heterocycles. The van der Waals surface area contributed by atoms with Gasteiger partial charge in [-0.1, -0.05) is 37.8 Å². The second-order valence-electron chi connectivity index (χ2n) is 4.87. The van der Waals surface area contributed by atoms with Gasteiger partial charge in [-0.2, -0.15) is 0 Å². The van der Waals surface area contributed by atoms with Gasteiger partial charge in [0.2, 0.25) is 0 Å². The minimum atomic E-state index is -0.151. The first kappa shape index (κ1) is 11.6. The lowest BCUT2D eigenvalue weighted by molar-refractivity contribution is 0.446. The minimum Gasteiger partial charge on any atom is -0.330 e. The SMILES string of the molecule is NCC(CC1CCCC1)c1cccc(F)c1. The molecule has 0 heterocycles. The lowest BCUT2D eigenvalue weighted by atomic mass is 9.88. The van der Waals surface area contributed by atoms with Crippen molar-refractivity contribution in [2.24, 2.45) is 11.7 Å². The molecule has 1 atom stereocenters. The molecule has 1 fully saturated rings. The first-order valence-electron chi connectivity index (χ1n) is 6.25. The topological polar surface area (TPSA) is 26.0 Å². The molecular formula is C14H20FN. The van der Waals surface area contributed by atoms with Gasteiger partial charge in [-0.25, -0.2) is 4.39 Å². The van der Waals surface area contributed by atoms with Crippen LogP contribution < -0.4 is 5.73 Å². The van der Waals surface area contributed by atoms with Crippen LogP contribution in [0.1, 0.15) is 43.6 Å². The van der Waals surface area contributed by atoms with Crippen molar-refractivity contribution >= 4 is 0 Å². The van der Waals surface area contributed by atoms with E-state index in [4.69, 9.17) is 5.73 Å². The molecule has 1 unspecified atom stereocenters. The fourth-order valence-corrected chi connectivity index (χ4v) is 2.78. The summed E-state index contributed by atoms with van der Waals surface area (Å²) in [5.41, 5.74) is 6.87. The average Bonchev–Trinajstić information content (AvgIpc) is 2.78. The minimum absolute atomic E-state index is 0.151. The molecule has 88 valence electrons. The Balaban J connectivity index is 2.03. The fraction of sp³-hybridized carbons (Fsp3) is 0.571. The molecule has 1 aliphatic carbocycles. The highest BCUT2D eigenvalue weighted by Crippen LogP contribution is 2.33. The van der Waals surface area contributed by atoms with Gasteiger partial charge in [-0.3, -0.25) is 0 Å². The zero-order valence-electron chi connectivity index (χ0n) is 9.66. The number of rotatable bonds is 4. The van der Waals surface area contributed by atoms with Crippen molar-refractivity contribution in [1.82, 2.24) is 0 Å². The molecule has 2 rings (SSSR count). The molecule has 16 heavy (non-hydrogen) atoms. The zero-order chi connectivity index (χ0) is 11.4. The second kappa shape index (κ2) is 5.44. The number of halogens is 1. The average molecular weight is 221 g/mol. The highest BCUT2D eigenvalue weighted by atomic mass is 19.1. The summed E-state index contributed by atoms with van der Waals surface area (Å²) in [6.45, 7) is 0.625. The van der Waals surface area contributed by atoms with E-state index in [-0.39, 0.29) is 5.82 Å². The Hall–Kier alpha value is -0.890. The maximum Gasteiger partial charge on any atom is 0.123 e. The third kappa shape index (κ3) is 2.82. The van der Waals surface area contributed by atoms with E-state index in [0.29, 0.717) is 12.5 Å². The van der Waals surface area contributed by atoms with Crippen molar-refractivity contribution < 1.29 is 4.39 Å². The van der Waals surface area contributed by atoms with E-state index in [0.717, 1.165) is 17.9 Å². The summed E-state index contributed by atoms with van der Waals surface area (Å²) in [6.07, 6.45) is 6.48. The van der Waals surface area contributed by atoms with Gasteiger partial charge in [-0.05, 0) is 42.5 Å². The van der Waals surface area contributed by atoms with E-state index >= 15 is 0 Å². The lowest BCUT2D eigenvalue weighted by Gasteiger charge is -2.19. The summed E-state index contributed by atoms with van der Waals surface area (Å²) in [5.74, 6) is 0.984. The van der Waals surface area contributed by atoms with Crippen LogP contribution in [0, 0.1) is 11.7 Å². The Morgan fingerprint density at radius 2 is 2.06 bits per heavy atom. The van der Waals surface area contributed by atoms with Crippen LogP contribution in [0.25, 0.3) is 0 Å². The highest BCUT2D eigenvalue weighted by Gasteiger charge is 2.20. The first-order valence-corrected chi connectivity index (χ1v) is 6.25. The number of nitrogens with two attached hydrogens (primary N) is 1. The second-order valence-corrected chi connectivity index (χ2v) is 4.87. The largest absolute Gasteiger partial charge is 0.330 e. The van der Waals surface area contributed by atoms with Crippen molar-refractivity contribution in [3.8, 4) is 0 Å². The Kier molecular flexibility index (Phi) is 3.94. The summed E-state index contributed by atoms with van der Waals surface area (Å²) < 4.78 is 13.1. The van der Waals surface area contributed by atoms with Crippen molar-refractivity contribution in [3.63, 3.8) is 0 Å². The number of hydrogen-bond acceptors (Lipinski definition) is 1. The van der Waals surface area contributed by atoms with Crippen molar-refractivity contribution in [3.05, 3.63) is 35.6 Å². The smallest absolute Gasteiger partial charge is 0.123 e. The third-order valence-corrected chi connectivity index (χ3v) is 3.70. The van der Waals surface area contributed by atoms with E-state index in [9.17, 15) is 4.39 Å². The third-order valence-electron chi connectivity index (χ3n) is 3.70. The van der Waals surface area contributed by atoms with Gasteiger partial charge < -0.3 is 5.73 Å². The quantitative estimate of drug-likeness (QED) is 0.828. The molecule has 1 nitrogen and oxygen atoms in total. The van der Waals surface area contributed by atoms with Gasteiger partial charge in [-0.15, -0.1) is 0 Å². The molecule has 0 spiro atoms. The molecule has 1 saturated carbocycles. The monoisotopic (exact) mass is 221 g/mol. The van der Waals surface area contributed by atoms with Crippen LogP contribution >= 0.6 is 0 Å². The summed E-state index contributed by atoms with van der Waals surface area (Å²) in [7, 11) is 0. The van der Waals surface area contributed by atoms with Crippen LogP contribution in [0.4, 0.5) is 4.39 Å². The van der Waals surface area contributed by atoms with Gasteiger partial charge in [0.25, 0.3) is 0 Å². The predicted octanol–water partition coefficient (Wildman–Crippen LogP) is 3.45. The summed E-state index contributed by atoms with van der Waals surface area (Å²) in [4.78, 5) is 0. The van der Waals surface area contributed by atoms with Crippen molar-refractivity contribution in [2.75, 3.05) is 6.54 Å². The van der Waals surface area contributed by atoms with E-state index in [1.165, 1.54) is 31.7 Å². The molecule has 0 amide bonds. The molecule has 0 aliphatic heterocycles.